The number of aromatic nitrogens is 2. The summed E-state index contributed by atoms with van der Waals surface area (Å²) in [5, 5.41) is 5.54. The molecule has 2 aliphatic rings. The van der Waals surface area contributed by atoms with Gasteiger partial charge in [-0.1, -0.05) is 30.3 Å². The molecule has 8 heteroatoms. The standard InChI is InChI=1S/C26H25FN4O2S/c1-17-12-24-19(14-29-31(24)21-10-8-20(27)9-11-21)13-22(17)26-16-30(34(32,33)28-2)15-23(26)25(26)18-6-4-3-5-7-18/h3-14,23,25,28H,15-16H2,1-2H3/t23-,25-,26+/m0/s1. The number of fused-ring (bicyclic) bond motifs is 2. The number of hydrogen-bond acceptors (Lipinski definition) is 3. The van der Waals surface area contributed by atoms with Gasteiger partial charge in [0.15, 0.2) is 0 Å². The molecule has 2 fully saturated rings. The van der Waals surface area contributed by atoms with Crippen molar-refractivity contribution in [3.8, 4) is 5.69 Å². The summed E-state index contributed by atoms with van der Waals surface area (Å²) in [7, 11) is -2.05. The Morgan fingerprint density at radius 3 is 2.53 bits per heavy atom. The zero-order valence-corrected chi connectivity index (χ0v) is 19.8. The van der Waals surface area contributed by atoms with E-state index in [1.165, 1.54) is 30.3 Å². The average Bonchev–Trinajstić information content (AvgIpc) is 3.11. The first-order valence-electron chi connectivity index (χ1n) is 11.3. The summed E-state index contributed by atoms with van der Waals surface area (Å²) in [6.07, 6.45) is 1.82. The first-order valence-corrected chi connectivity index (χ1v) is 12.8. The molecule has 34 heavy (non-hydrogen) atoms. The minimum absolute atomic E-state index is 0.210. The summed E-state index contributed by atoms with van der Waals surface area (Å²) in [5.41, 5.74) is 4.97. The van der Waals surface area contributed by atoms with Gasteiger partial charge in [0.1, 0.15) is 5.82 Å². The van der Waals surface area contributed by atoms with Crippen LogP contribution >= 0.6 is 0 Å². The Labute approximate surface area is 198 Å². The van der Waals surface area contributed by atoms with E-state index >= 15 is 0 Å². The van der Waals surface area contributed by atoms with Crippen molar-refractivity contribution in [2.75, 3.05) is 20.1 Å². The summed E-state index contributed by atoms with van der Waals surface area (Å²) in [6, 6.07) is 20.9. The lowest BCUT2D eigenvalue weighted by atomic mass is 9.87. The van der Waals surface area contributed by atoms with Crippen LogP contribution in [0.5, 0.6) is 0 Å². The first kappa shape index (κ1) is 21.5. The highest BCUT2D eigenvalue weighted by Gasteiger charge is 2.71. The van der Waals surface area contributed by atoms with Crippen LogP contribution in [0.2, 0.25) is 0 Å². The van der Waals surface area contributed by atoms with Crippen LogP contribution in [0, 0.1) is 18.7 Å². The van der Waals surface area contributed by atoms with Crippen LogP contribution in [0.15, 0.2) is 72.9 Å². The van der Waals surface area contributed by atoms with Crippen molar-refractivity contribution in [3.05, 3.63) is 95.4 Å². The molecular formula is C26H25FN4O2S. The molecule has 0 amide bonds. The fourth-order valence-electron chi connectivity index (χ4n) is 6.00. The zero-order chi connectivity index (χ0) is 23.7. The Kier molecular flexibility index (Phi) is 4.71. The second-order valence-electron chi connectivity index (χ2n) is 9.30. The molecule has 6 rings (SSSR count). The molecule has 2 heterocycles. The fraction of sp³-hybridized carbons (Fsp3) is 0.269. The van der Waals surface area contributed by atoms with E-state index < -0.39 is 10.2 Å². The van der Waals surface area contributed by atoms with Gasteiger partial charge in [0, 0.05) is 36.9 Å². The van der Waals surface area contributed by atoms with Crippen LogP contribution in [0.25, 0.3) is 16.6 Å². The highest BCUT2D eigenvalue weighted by molar-refractivity contribution is 7.87. The maximum Gasteiger partial charge on any atom is 0.279 e. The topological polar surface area (TPSA) is 67.2 Å². The van der Waals surface area contributed by atoms with Crippen LogP contribution in [-0.2, 0) is 15.6 Å². The second kappa shape index (κ2) is 7.46. The van der Waals surface area contributed by atoms with E-state index in [2.05, 4.69) is 41.0 Å². The molecule has 1 N–H and O–H groups in total. The summed E-state index contributed by atoms with van der Waals surface area (Å²) in [5.74, 6) is 0.188. The average molecular weight is 477 g/mol. The molecule has 0 spiro atoms. The predicted molar refractivity (Wildman–Crippen MR) is 130 cm³/mol. The highest BCUT2D eigenvalue weighted by Crippen LogP contribution is 2.70. The summed E-state index contributed by atoms with van der Waals surface area (Å²) >= 11 is 0. The highest BCUT2D eigenvalue weighted by atomic mass is 32.2. The predicted octanol–water partition coefficient (Wildman–Crippen LogP) is 3.90. The van der Waals surface area contributed by atoms with Gasteiger partial charge in [0.05, 0.1) is 17.4 Å². The Hall–Kier alpha value is -3.07. The molecule has 1 saturated carbocycles. The largest absolute Gasteiger partial charge is 0.279 e. The zero-order valence-electron chi connectivity index (χ0n) is 18.9. The van der Waals surface area contributed by atoms with E-state index in [1.807, 2.05) is 29.1 Å². The van der Waals surface area contributed by atoms with E-state index in [1.54, 1.807) is 16.4 Å². The lowest BCUT2D eigenvalue weighted by Gasteiger charge is -2.25. The summed E-state index contributed by atoms with van der Waals surface area (Å²) in [4.78, 5) is 0. The maximum absolute atomic E-state index is 13.4. The Morgan fingerprint density at radius 2 is 1.82 bits per heavy atom. The number of nitrogens with one attached hydrogen (secondary N) is 1. The molecule has 1 aliphatic carbocycles. The van der Waals surface area contributed by atoms with Gasteiger partial charge < -0.3 is 0 Å². The van der Waals surface area contributed by atoms with Crippen molar-refractivity contribution in [2.24, 2.45) is 5.92 Å². The lowest BCUT2D eigenvalue weighted by molar-refractivity contribution is 0.416. The summed E-state index contributed by atoms with van der Waals surface area (Å²) < 4.78 is 44.6. The minimum atomic E-state index is -3.51. The monoisotopic (exact) mass is 476 g/mol. The van der Waals surface area contributed by atoms with E-state index in [9.17, 15) is 12.8 Å². The Morgan fingerprint density at radius 1 is 1.09 bits per heavy atom. The van der Waals surface area contributed by atoms with Crippen molar-refractivity contribution in [3.63, 3.8) is 0 Å². The molecule has 0 unspecified atom stereocenters. The SMILES string of the molecule is CNS(=O)(=O)N1C[C@H]2[C@H](c3ccccc3)[C@@]2(c2cc3cnn(-c4ccc(F)cc4)c3cc2C)C1. The smallest absolute Gasteiger partial charge is 0.233 e. The van der Waals surface area contributed by atoms with Crippen molar-refractivity contribution < 1.29 is 12.8 Å². The lowest BCUT2D eigenvalue weighted by Crippen LogP contribution is -2.40. The van der Waals surface area contributed by atoms with Gasteiger partial charge in [-0.15, -0.1) is 0 Å². The van der Waals surface area contributed by atoms with E-state index in [4.69, 9.17) is 0 Å². The van der Waals surface area contributed by atoms with Crippen molar-refractivity contribution in [2.45, 2.75) is 18.3 Å². The normalized spacial score (nSPS) is 24.4. The van der Waals surface area contributed by atoms with Crippen LogP contribution < -0.4 is 4.72 Å². The maximum atomic E-state index is 13.4. The molecular weight excluding hydrogens is 451 g/mol. The van der Waals surface area contributed by atoms with Gasteiger partial charge >= 0.3 is 0 Å². The quantitative estimate of drug-likeness (QED) is 0.475. The second-order valence-corrected chi connectivity index (χ2v) is 11.2. The molecule has 4 aromatic rings. The van der Waals surface area contributed by atoms with Gasteiger partial charge in [-0.3, -0.25) is 0 Å². The Bertz CT molecular complexity index is 1500. The first-order chi connectivity index (χ1) is 16.3. The van der Waals surface area contributed by atoms with Gasteiger partial charge in [0.25, 0.3) is 10.2 Å². The van der Waals surface area contributed by atoms with E-state index in [-0.39, 0.29) is 23.1 Å². The molecule has 3 aromatic carbocycles. The number of benzene rings is 3. The van der Waals surface area contributed by atoms with E-state index in [0.717, 1.165) is 22.2 Å². The number of halogens is 1. The van der Waals surface area contributed by atoms with E-state index in [0.29, 0.717) is 13.1 Å². The minimum Gasteiger partial charge on any atom is -0.233 e. The number of hydrogen-bond donors (Lipinski definition) is 1. The molecule has 0 bridgehead atoms. The molecule has 3 atom stereocenters. The van der Waals surface area contributed by atoms with Crippen LogP contribution in [0.1, 0.15) is 22.6 Å². The van der Waals surface area contributed by atoms with Gasteiger partial charge in [0.2, 0.25) is 0 Å². The van der Waals surface area contributed by atoms with Crippen molar-refractivity contribution in [1.29, 1.82) is 0 Å². The molecule has 1 saturated heterocycles. The molecule has 0 radical (unpaired) electrons. The fourth-order valence-corrected chi connectivity index (χ4v) is 7.00. The van der Waals surface area contributed by atoms with Crippen molar-refractivity contribution >= 4 is 21.1 Å². The third-order valence-corrected chi connectivity index (χ3v) is 9.07. The third kappa shape index (κ3) is 3.06. The Balaban J connectivity index is 1.47. The van der Waals surface area contributed by atoms with Gasteiger partial charge in [-0.2, -0.15) is 17.8 Å². The third-order valence-electron chi connectivity index (χ3n) is 7.59. The van der Waals surface area contributed by atoms with Gasteiger partial charge in [-0.25, -0.2) is 13.8 Å². The summed E-state index contributed by atoms with van der Waals surface area (Å²) in [6.45, 7) is 3.02. The van der Waals surface area contributed by atoms with Crippen LogP contribution in [-0.4, -0.2) is 42.6 Å². The van der Waals surface area contributed by atoms with Gasteiger partial charge in [-0.05, 0) is 65.9 Å². The van der Waals surface area contributed by atoms with Crippen molar-refractivity contribution in [1.82, 2.24) is 18.8 Å². The molecule has 174 valence electrons. The number of rotatable bonds is 5. The van der Waals surface area contributed by atoms with Crippen LogP contribution in [0.3, 0.4) is 0 Å². The molecule has 1 aliphatic heterocycles. The van der Waals surface area contributed by atoms with Crippen LogP contribution in [0.4, 0.5) is 4.39 Å². The number of nitrogens with zero attached hydrogens (tertiary/aromatic N) is 3. The number of piperidine rings is 1. The molecule has 1 aromatic heterocycles. The number of aryl methyl sites for hydroxylation is 1. The molecule has 6 nitrogen and oxygen atoms in total.